The number of amides is 2. The number of aliphatic hydroxyl groups excluding tert-OH is 1. The van der Waals surface area contributed by atoms with Crippen molar-refractivity contribution in [1.82, 2.24) is 10.2 Å². The molecular weight excluding hydrogens is 276 g/mol. The molecule has 1 saturated heterocycles. The van der Waals surface area contributed by atoms with Crippen LogP contribution in [0.3, 0.4) is 0 Å². The minimum atomic E-state index is 0.0281. The summed E-state index contributed by atoms with van der Waals surface area (Å²) in [5, 5.41) is 12.4. The maximum atomic E-state index is 12.4. The molecule has 22 heavy (non-hydrogen) atoms. The van der Waals surface area contributed by atoms with E-state index in [0.29, 0.717) is 6.54 Å². The monoisotopic (exact) mass is 302 g/mol. The van der Waals surface area contributed by atoms with Crippen LogP contribution in [-0.2, 0) is 5.41 Å². The Morgan fingerprint density at radius 1 is 1.27 bits per heavy atom. The van der Waals surface area contributed by atoms with E-state index in [1.807, 2.05) is 11.0 Å². The lowest BCUT2D eigenvalue weighted by Gasteiger charge is -2.43. The average Bonchev–Trinajstić information content (AvgIpc) is 2.54. The number of benzene rings is 1. The van der Waals surface area contributed by atoms with Gasteiger partial charge in [0.05, 0.1) is 0 Å². The second-order valence-corrected chi connectivity index (χ2v) is 6.80. The first-order valence-electron chi connectivity index (χ1n) is 8.43. The Morgan fingerprint density at radius 3 is 2.68 bits per heavy atom. The minimum absolute atomic E-state index is 0.0281. The number of hydrogen-bond donors (Lipinski definition) is 2. The molecule has 1 atom stereocenters. The first-order valence-corrected chi connectivity index (χ1v) is 8.43. The molecule has 4 heteroatoms. The van der Waals surface area contributed by atoms with Crippen LogP contribution < -0.4 is 5.32 Å². The van der Waals surface area contributed by atoms with E-state index in [2.05, 4.69) is 29.6 Å². The van der Waals surface area contributed by atoms with Crippen LogP contribution >= 0.6 is 0 Å². The summed E-state index contributed by atoms with van der Waals surface area (Å²) in [7, 11) is 0. The summed E-state index contributed by atoms with van der Waals surface area (Å²) in [6, 6.07) is 10.6. The van der Waals surface area contributed by atoms with Gasteiger partial charge in [0, 0.05) is 31.7 Å². The van der Waals surface area contributed by atoms with Gasteiger partial charge in [0.1, 0.15) is 0 Å². The highest BCUT2D eigenvalue weighted by Gasteiger charge is 2.39. The van der Waals surface area contributed by atoms with Crippen molar-refractivity contribution in [2.75, 3.05) is 26.2 Å². The molecule has 2 amide bonds. The van der Waals surface area contributed by atoms with Gasteiger partial charge >= 0.3 is 6.03 Å². The Labute approximate surface area is 132 Å². The molecule has 0 spiro atoms. The smallest absolute Gasteiger partial charge is 0.317 e. The molecule has 0 radical (unpaired) electrons. The molecule has 2 aliphatic rings. The molecule has 120 valence electrons. The van der Waals surface area contributed by atoms with Crippen molar-refractivity contribution in [3.8, 4) is 0 Å². The van der Waals surface area contributed by atoms with Gasteiger partial charge in [-0.1, -0.05) is 36.8 Å². The Hall–Kier alpha value is -1.55. The minimum Gasteiger partial charge on any atom is -0.396 e. The quantitative estimate of drug-likeness (QED) is 0.898. The predicted molar refractivity (Wildman–Crippen MR) is 86.8 cm³/mol. The Balaban J connectivity index is 1.58. The van der Waals surface area contributed by atoms with Crippen molar-refractivity contribution < 1.29 is 9.90 Å². The zero-order chi connectivity index (χ0) is 15.4. The lowest BCUT2D eigenvalue weighted by Crippen LogP contribution is -2.51. The predicted octanol–water partition coefficient (Wildman–Crippen LogP) is 2.52. The van der Waals surface area contributed by atoms with E-state index in [1.165, 1.54) is 12.0 Å². The van der Waals surface area contributed by atoms with Crippen molar-refractivity contribution in [2.45, 2.75) is 37.5 Å². The number of hydrogen-bond acceptors (Lipinski definition) is 2. The summed E-state index contributed by atoms with van der Waals surface area (Å²) in [4.78, 5) is 14.3. The van der Waals surface area contributed by atoms with Gasteiger partial charge in [-0.2, -0.15) is 0 Å². The van der Waals surface area contributed by atoms with E-state index >= 15 is 0 Å². The Bertz CT molecular complexity index is 499. The van der Waals surface area contributed by atoms with Crippen LogP contribution in [0, 0.1) is 5.92 Å². The SMILES string of the molecule is O=C(NCC1(c2ccccc2)CCC1)N1CCCC(CO)C1. The topological polar surface area (TPSA) is 52.6 Å². The zero-order valence-corrected chi connectivity index (χ0v) is 13.1. The summed E-state index contributed by atoms with van der Waals surface area (Å²) < 4.78 is 0. The van der Waals surface area contributed by atoms with E-state index in [1.54, 1.807) is 0 Å². The molecule has 3 rings (SSSR count). The number of likely N-dealkylation sites (tertiary alicyclic amines) is 1. The Morgan fingerprint density at radius 2 is 2.05 bits per heavy atom. The van der Waals surface area contributed by atoms with Gasteiger partial charge in [0.15, 0.2) is 0 Å². The highest BCUT2D eigenvalue weighted by molar-refractivity contribution is 5.74. The highest BCUT2D eigenvalue weighted by atomic mass is 16.3. The second-order valence-electron chi connectivity index (χ2n) is 6.80. The van der Waals surface area contributed by atoms with Gasteiger partial charge in [0.25, 0.3) is 0 Å². The maximum Gasteiger partial charge on any atom is 0.317 e. The molecule has 4 nitrogen and oxygen atoms in total. The number of piperidine rings is 1. The second kappa shape index (κ2) is 6.69. The third-order valence-corrected chi connectivity index (χ3v) is 5.34. The fraction of sp³-hybridized carbons (Fsp3) is 0.611. The number of nitrogens with one attached hydrogen (secondary N) is 1. The number of rotatable bonds is 4. The molecule has 1 aliphatic heterocycles. The number of urea groups is 1. The number of aliphatic hydroxyl groups is 1. The van der Waals surface area contributed by atoms with Gasteiger partial charge in [0.2, 0.25) is 0 Å². The van der Waals surface area contributed by atoms with Crippen LogP contribution in [0.15, 0.2) is 30.3 Å². The normalized spacial score (nSPS) is 23.7. The lowest BCUT2D eigenvalue weighted by atomic mass is 9.64. The standard InChI is InChI=1S/C18H26N2O2/c21-13-15-6-4-11-20(12-15)17(22)19-14-18(9-5-10-18)16-7-2-1-3-8-16/h1-3,7-8,15,21H,4-6,9-14H2,(H,19,22). The van der Waals surface area contributed by atoms with E-state index in [0.717, 1.165) is 38.8 Å². The third kappa shape index (κ3) is 3.12. The summed E-state index contributed by atoms with van der Waals surface area (Å²) in [5.74, 6) is 0.242. The van der Waals surface area contributed by atoms with Crippen LogP contribution in [0.5, 0.6) is 0 Å². The van der Waals surface area contributed by atoms with Crippen LogP contribution in [-0.4, -0.2) is 42.3 Å². The van der Waals surface area contributed by atoms with E-state index < -0.39 is 0 Å². The molecule has 1 aliphatic carbocycles. The highest BCUT2D eigenvalue weighted by Crippen LogP contribution is 2.43. The maximum absolute atomic E-state index is 12.4. The largest absolute Gasteiger partial charge is 0.396 e. The van der Waals surface area contributed by atoms with Crippen LogP contribution in [0.4, 0.5) is 4.79 Å². The average molecular weight is 302 g/mol. The number of carbonyl (C=O) groups is 1. The fourth-order valence-corrected chi connectivity index (χ4v) is 3.72. The number of carbonyl (C=O) groups excluding carboxylic acids is 1. The van der Waals surface area contributed by atoms with Gasteiger partial charge in [-0.05, 0) is 37.2 Å². The molecule has 1 unspecified atom stereocenters. The molecule has 0 bridgehead atoms. The van der Waals surface area contributed by atoms with E-state index in [9.17, 15) is 9.90 Å². The van der Waals surface area contributed by atoms with Crippen LogP contribution in [0.2, 0.25) is 0 Å². The fourth-order valence-electron chi connectivity index (χ4n) is 3.72. The molecule has 2 fully saturated rings. The molecule has 2 N–H and O–H groups in total. The van der Waals surface area contributed by atoms with Crippen molar-refractivity contribution >= 4 is 6.03 Å². The lowest BCUT2D eigenvalue weighted by molar-refractivity contribution is 0.126. The first kappa shape index (κ1) is 15.3. The van der Waals surface area contributed by atoms with E-state index in [-0.39, 0.29) is 24.0 Å². The summed E-state index contributed by atoms with van der Waals surface area (Å²) in [6.07, 6.45) is 5.55. The van der Waals surface area contributed by atoms with Crippen molar-refractivity contribution in [2.24, 2.45) is 5.92 Å². The Kier molecular flexibility index (Phi) is 4.67. The van der Waals surface area contributed by atoms with Crippen LogP contribution in [0.25, 0.3) is 0 Å². The van der Waals surface area contributed by atoms with Gasteiger partial charge < -0.3 is 15.3 Å². The summed E-state index contributed by atoms with van der Waals surface area (Å²) in [6.45, 7) is 2.38. The molecule has 1 heterocycles. The first-order chi connectivity index (χ1) is 10.7. The van der Waals surface area contributed by atoms with Crippen LogP contribution in [0.1, 0.15) is 37.7 Å². The third-order valence-electron chi connectivity index (χ3n) is 5.34. The van der Waals surface area contributed by atoms with Gasteiger partial charge in [-0.15, -0.1) is 0 Å². The van der Waals surface area contributed by atoms with E-state index in [4.69, 9.17) is 0 Å². The molecular formula is C18H26N2O2. The van der Waals surface area contributed by atoms with Crippen molar-refractivity contribution in [1.29, 1.82) is 0 Å². The summed E-state index contributed by atoms with van der Waals surface area (Å²) >= 11 is 0. The van der Waals surface area contributed by atoms with Gasteiger partial charge in [-0.3, -0.25) is 0 Å². The zero-order valence-electron chi connectivity index (χ0n) is 13.1. The summed E-state index contributed by atoms with van der Waals surface area (Å²) in [5.41, 5.74) is 1.47. The molecule has 1 saturated carbocycles. The van der Waals surface area contributed by atoms with Crippen molar-refractivity contribution in [3.63, 3.8) is 0 Å². The number of nitrogens with zero attached hydrogens (tertiary/aromatic N) is 1. The molecule has 1 aromatic rings. The van der Waals surface area contributed by atoms with Crippen molar-refractivity contribution in [3.05, 3.63) is 35.9 Å². The van der Waals surface area contributed by atoms with Gasteiger partial charge in [-0.25, -0.2) is 4.79 Å². The molecule has 1 aromatic carbocycles. The molecule has 0 aromatic heterocycles.